The molecule has 2 atom stereocenters. The molecule has 5 nitrogen and oxygen atoms in total. The lowest BCUT2D eigenvalue weighted by atomic mass is 10.1. The van der Waals surface area contributed by atoms with Gasteiger partial charge in [0, 0.05) is 30.3 Å². The van der Waals surface area contributed by atoms with E-state index in [1.54, 1.807) is 0 Å². The van der Waals surface area contributed by atoms with Gasteiger partial charge in [-0.05, 0) is 37.9 Å². The summed E-state index contributed by atoms with van der Waals surface area (Å²) in [5.41, 5.74) is 0.300. The van der Waals surface area contributed by atoms with E-state index in [2.05, 4.69) is 10.2 Å². The Hall–Kier alpha value is -1.75. The molecule has 0 saturated carbocycles. The average molecular weight is 262 g/mol. The Morgan fingerprint density at radius 1 is 1.16 bits per heavy atom. The first-order chi connectivity index (χ1) is 9.13. The summed E-state index contributed by atoms with van der Waals surface area (Å²) >= 11 is 0. The number of benzene rings is 1. The van der Waals surface area contributed by atoms with Gasteiger partial charge >= 0.3 is 0 Å². The van der Waals surface area contributed by atoms with Crippen molar-refractivity contribution in [2.45, 2.75) is 31.3 Å². The minimum absolute atomic E-state index is 0.0981. The summed E-state index contributed by atoms with van der Waals surface area (Å²) in [4.78, 5) is 14.6. The van der Waals surface area contributed by atoms with Crippen LogP contribution >= 0.6 is 0 Å². The molecule has 0 bridgehead atoms. The van der Waals surface area contributed by atoms with Crippen LogP contribution in [0, 0.1) is 0 Å². The van der Waals surface area contributed by atoms with E-state index >= 15 is 0 Å². The molecule has 3 rings (SSSR count). The molecule has 102 valence electrons. The molecule has 1 aromatic carbocycles. The maximum absolute atomic E-state index is 12.1. The third kappa shape index (κ3) is 2.38. The van der Waals surface area contributed by atoms with Gasteiger partial charge in [-0.2, -0.15) is 0 Å². The van der Waals surface area contributed by atoms with Gasteiger partial charge in [0.05, 0.1) is 0 Å². The fraction of sp³-hybridized carbons (Fsp3) is 0.500. The van der Waals surface area contributed by atoms with Crippen molar-refractivity contribution in [3.63, 3.8) is 0 Å². The molecule has 1 amide bonds. The molecule has 2 saturated heterocycles. The maximum Gasteiger partial charge on any atom is 0.251 e. The Bertz CT molecular complexity index is 483. The summed E-state index contributed by atoms with van der Waals surface area (Å²) in [5.74, 6) is -0.428. The first kappa shape index (κ1) is 12.3. The lowest BCUT2D eigenvalue weighted by Gasteiger charge is -2.21. The van der Waals surface area contributed by atoms with Gasteiger partial charge in [0.25, 0.3) is 5.91 Å². The van der Waals surface area contributed by atoms with Crippen molar-refractivity contribution in [2.24, 2.45) is 0 Å². The predicted octanol–water partition coefficient (Wildman–Crippen LogP) is 1.06. The van der Waals surface area contributed by atoms with E-state index in [4.69, 9.17) is 0 Å². The standard InChI is InChI=1S/C14H18N2O3/c17-10-6-9(7-11(18)8-10)14(19)15-12-3-5-16-4-1-2-13(12)16/h6-8,12-13,17-18H,1-5H2,(H,15,19). The van der Waals surface area contributed by atoms with Crippen molar-refractivity contribution in [3.8, 4) is 11.5 Å². The number of nitrogens with one attached hydrogen (secondary N) is 1. The van der Waals surface area contributed by atoms with Crippen LogP contribution in [0.15, 0.2) is 18.2 Å². The van der Waals surface area contributed by atoms with Crippen molar-refractivity contribution in [1.29, 1.82) is 0 Å². The zero-order chi connectivity index (χ0) is 13.4. The monoisotopic (exact) mass is 262 g/mol. The van der Waals surface area contributed by atoms with Crippen LogP contribution in [0.2, 0.25) is 0 Å². The van der Waals surface area contributed by atoms with Crippen LogP contribution in [0.3, 0.4) is 0 Å². The fourth-order valence-corrected chi connectivity index (χ4v) is 3.23. The van der Waals surface area contributed by atoms with E-state index in [1.165, 1.54) is 24.6 Å². The second kappa shape index (κ2) is 4.74. The highest BCUT2D eigenvalue weighted by molar-refractivity contribution is 5.95. The smallest absolute Gasteiger partial charge is 0.251 e. The minimum atomic E-state index is -0.232. The molecular formula is C14H18N2O3. The summed E-state index contributed by atoms with van der Waals surface area (Å²) in [6, 6.07) is 4.59. The summed E-state index contributed by atoms with van der Waals surface area (Å²) in [6.07, 6.45) is 3.31. The lowest BCUT2D eigenvalue weighted by Crippen LogP contribution is -2.42. The van der Waals surface area contributed by atoms with E-state index in [-0.39, 0.29) is 23.4 Å². The van der Waals surface area contributed by atoms with E-state index in [0.717, 1.165) is 25.9 Å². The van der Waals surface area contributed by atoms with Gasteiger partial charge in [0.1, 0.15) is 11.5 Å². The molecule has 19 heavy (non-hydrogen) atoms. The van der Waals surface area contributed by atoms with Gasteiger partial charge in [-0.15, -0.1) is 0 Å². The molecule has 2 aliphatic rings. The third-order valence-corrected chi connectivity index (χ3v) is 4.09. The van der Waals surface area contributed by atoms with Gasteiger partial charge in [-0.3, -0.25) is 9.69 Å². The van der Waals surface area contributed by atoms with Gasteiger partial charge in [-0.1, -0.05) is 0 Å². The highest BCUT2D eigenvalue weighted by atomic mass is 16.3. The number of rotatable bonds is 2. The fourth-order valence-electron chi connectivity index (χ4n) is 3.23. The quantitative estimate of drug-likeness (QED) is 0.745. The topological polar surface area (TPSA) is 72.8 Å². The van der Waals surface area contributed by atoms with Crippen LogP contribution < -0.4 is 5.32 Å². The zero-order valence-corrected chi connectivity index (χ0v) is 10.7. The number of phenolic OH excluding ortho intramolecular Hbond substituents is 2. The summed E-state index contributed by atoms with van der Waals surface area (Å²) in [5, 5.41) is 21.8. The summed E-state index contributed by atoms with van der Waals surface area (Å²) in [6.45, 7) is 2.17. The number of amides is 1. The highest BCUT2D eigenvalue weighted by Crippen LogP contribution is 2.28. The third-order valence-electron chi connectivity index (χ3n) is 4.09. The van der Waals surface area contributed by atoms with Crippen LogP contribution in [0.5, 0.6) is 11.5 Å². The van der Waals surface area contributed by atoms with Crippen LogP contribution in [-0.2, 0) is 0 Å². The van der Waals surface area contributed by atoms with Crippen molar-refractivity contribution >= 4 is 5.91 Å². The SMILES string of the molecule is O=C(NC1CCN2CCCC12)c1cc(O)cc(O)c1. The molecule has 0 spiro atoms. The number of carbonyl (C=O) groups excluding carboxylic acids is 1. The molecule has 5 heteroatoms. The number of aromatic hydroxyl groups is 2. The zero-order valence-electron chi connectivity index (χ0n) is 10.7. The van der Waals surface area contributed by atoms with Gasteiger partial charge in [0.2, 0.25) is 0 Å². The number of phenols is 2. The van der Waals surface area contributed by atoms with Crippen LogP contribution in [0.25, 0.3) is 0 Å². The molecule has 0 radical (unpaired) electrons. The average Bonchev–Trinajstić information content (AvgIpc) is 2.92. The Kier molecular flexibility index (Phi) is 3.06. The first-order valence-electron chi connectivity index (χ1n) is 6.71. The van der Waals surface area contributed by atoms with Crippen LogP contribution in [0.1, 0.15) is 29.6 Å². The highest BCUT2D eigenvalue weighted by Gasteiger charge is 2.37. The van der Waals surface area contributed by atoms with Crippen LogP contribution in [0.4, 0.5) is 0 Å². The second-order valence-corrected chi connectivity index (χ2v) is 5.35. The van der Waals surface area contributed by atoms with Gasteiger partial charge in [-0.25, -0.2) is 0 Å². The summed E-state index contributed by atoms with van der Waals surface area (Å²) in [7, 11) is 0. The molecular weight excluding hydrogens is 244 g/mol. The van der Waals surface area contributed by atoms with Gasteiger partial charge in [0.15, 0.2) is 0 Å². The molecule has 2 aliphatic heterocycles. The van der Waals surface area contributed by atoms with Crippen molar-refractivity contribution in [2.75, 3.05) is 13.1 Å². The number of nitrogens with zero attached hydrogens (tertiary/aromatic N) is 1. The van der Waals surface area contributed by atoms with Crippen molar-refractivity contribution in [1.82, 2.24) is 10.2 Å². The van der Waals surface area contributed by atoms with E-state index < -0.39 is 0 Å². The largest absolute Gasteiger partial charge is 0.508 e. The Morgan fingerprint density at radius 2 is 1.89 bits per heavy atom. The van der Waals surface area contributed by atoms with E-state index in [1.807, 2.05) is 0 Å². The molecule has 3 N–H and O–H groups in total. The van der Waals surface area contributed by atoms with Crippen molar-refractivity contribution < 1.29 is 15.0 Å². The van der Waals surface area contributed by atoms with Crippen molar-refractivity contribution in [3.05, 3.63) is 23.8 Å². The number of hydrogen-bond donors (Lipinski definition) is 3. The Labute approximate surface area is 111 Å². The Morgan fingerprint density at radius 3 is 2.63 bits per heavy atom. The molecule has 0 aromatic heterocycles. The minimum Gasteiger partial charge on any atom is -0.508 e. The number of carbonyl (C=O) groups is 1. The molecule has 1 aromatic rings. The Balaban J connectivity index is 1.71. The van der Waals surface area contributed by atoms with Crippen LogP contribution in [-0.4, -0.2) is 46.2 Å². The molecule has 2 unspecified atom stereocenters. The summed E-state index contributed by atoms with van der Waals surface area (Å²) < 4.78 is 0. The molecule has 2 fully saturated rings. The molecule has 2 heterocycles. The normalized spacial score (nSPS) is 26.3. The number of hydrogen-bond acceptors (Lipinski definition) is 4. The lowest BCUT2D eigenvalue weighted by molar-refractivity contribution is 0.0928. The van der Waals surface area contributed by atoms with Gasteiger partial charge < -0.3 is 15.5 Å². The second-order valence-electron chi connectivity index (χ2n) is 5.35. The predicted molar refractivity (Wildman–Crippen MR) is 70.2 cm³/mol. The van der Waals surface area contributed by atoms with E-state index in [9.17, 15) is 15.0 Å². The van der Waals surface area contributed by atoms with E-state index in [0.29, 0.717) is 11.6 Å². The first-order valence-corrected chi connectivity index (χ1v) is 6.71. The number of fused-ring (bicyclic) bond motifs is 1. The molecule has 0 aliphatic carbocycles. The maximum atomic E-state index is 12.1.